The Morgan fingerprint density at radius 2 is 1.70 bits per heavy atom. The fraction of sp³-hybridized carbons (Fsp3) is 0.200. The number of amides is 2. The molecule has 0 unspecified atom stereocenters. The van der Waals surface area contributed by atoms with E-state index in [-0.39, 0.29) is 28.1 Å². The third-order valence-corrected chi connectivity index (χ3v) is 7.34. The van der Waals surface area contributed by atoms with Crippen molar-refractivity contribution in [2.45, 2.75) is 12.7 Å². The zero-order chi connectivity index (χ0) is 27.3. The van der Waals surface area contributed by atoms with E-state index in [0.29, 0.717) is 37.8 Å². The van der Waals surface area contributed by atoms with E-state index in [1.807, 2.05) is 48.5 Å². The molecule has 3 aromatic carbocycles. The van der Waals surface area contributed by atoms with Crippen molar-refractivity contribution >= 4 is 23.2 Å². The first-order valence-corrected chi connectivity index (χ1v) is 12.9. The maximum absolute atomic E-state index is 14.9. The largest absolute Gasteiger partial charge is 0.476 e. The summed E-state index contributed by atoms with van der Waals surface area (Å²) >= 11 is 0. The standard InChI is InChI=1S/C30H24FN5O4/c31-21-12-6-4-10-19(21)25-23(29-36(35-25)14-30(17-40-29)15-39-16-30)27(37)34-26-28(38)32-22-13-7-5-11-20(22)24(33-26)18-8-2-1-3-9-18/h1-13,26H,14-17H2,(H,32,38)(H,34,37)/t26-/m1/s1. The van der Waals surface area contributed by atoms with Gasteiger partial charge in [-0.2, -0.15) is 5.10 Å². The van der Waals surface area contributed by atoms with Crippen molar-refractivity contribution in [3.63, 3.8) is 0 Å². The number of fused-ring (bicyclic) bond motifs is 2. The molecule has 1 aromatic heterocycles. The van der Waals surface area contributed by atoms with Crippen LogP contribution in [0.1, 0.15) is 21.5 Å². The lowest BCUT2D eigenvalue weighted by atomic mass is 9.86. The number of carbonyl (C=O) groups excluding carboxylic acids is 2. The van der Waals surface area contributed by atoms with Gasteiger partial charge < -0.3 is 20.1 Å². The van der Waals surface area contributed by atoms with Crippen LogP contribution in [0.5, 0.6) is 5.88 Å². The summed E-state index contributed by atoms with van der Waals surface area (Å²) in [6, 6.07) is 22.9. The maximum Gasteiger partial charge on any atom is 0.269 e. The monoisotopic (exact) mass is 537 g/mol. The van der Waals surface area contributed by atoms with Crippen LogP contribution in [-0.4, -0.2) is 53.3 Å². The lowest BCUT2D eigenvalue weighted by Gasteiger charge is -2.43. The topological polar surface area (TPSA) is 107 Å². The normalized spacial score (nSPS) is 18.8. The van der Waals surface area contributed by atoms with Gasteiger partial charge in [-0.15, -0.1) is 0 Å². The first-order valence-electron chi connectivity index (χ1n) is 12.9. The van der Waals surface area contributed by atoms with E-state index >= 15 is 0 Å². The Morgan fingerprint density at radius 3 is 2.45 bits per heavy atom. The summed E-state index contributed by atoms with van der Waals surface area (Å²) in [5.41, 5.74) is 2.75. The van der Waals surface area contributed by atoms with E-state index in [1.54, 1.807) is 28.9 Å². The highest BCUT2D eigenvalue weighted by Crippen LogP contribution is 2.40. The van der Waals surface area contributed by atoms with Gasteiger partial charge in [0.15, 0.2) is 0 Å². The summed E-state index contributed by atoms with van der Waals surface area (Å²) in [7, 11) is 0. The first-order chi connectivity index (χ1) is 19.5. The molecule has 2 amide bonds. The molecule has 0 saturated carbocycles. The molecule has 9 nitrogen and oxygen atoms in total. The van der Waals surface area contributed by atoms with Gasteiger partial charge in [0.2, 0.25) is 12.0 Å². The number of nitrogens with one attached hydrogen (secondary N) is 2. The molecular formula is C30H24FN5O4. The number of aromatic nitrogens is 2. The number of rotatable bonds is 4. The molecule has 7 rings (SSSR count). The molecular weight excluding hydrogens is 513 g/mol. The average molecular weight is 538 g/mol. The first kappa shape index (κ1) is 24.2. The number of nitrogens with zero attached hydrogens (tertiary/aromatic N) is 3. The van der Waals surface area contributed by atoms with Gasteiger partial charge >= 0.3 is 0 Å². The minimum atomic E-state index is -1.27. The second kappa shape index (κ2) is 9.42. The van der Waals surface area contributed by atoms with Crippen LogP contribution < -0.4 is 15.4 Å². The summed E-state index contributed by atoms with van der Waals surface area (Å²) in [5.74, 6) is -1.46. The second-order valence-corrected chi connectivity index (χ2v) is 10.2. The summed E-state index contributed by atoms with van der Waals surface area (Å²) < 4.78 is 28.0. The molecule has 1 saturated heterocycles. The molecule has 10 heteroatoms. The predicted molar refractivity (Wildman–Crippen MR) is 145 cm³/mol. The highest BCUT2D eigenvalue weighted by molar-refractivity contribution is 6.20. The highest BCUT2D eigenvalue weighted by atomic mass is 19.1. The molecule has 3 aliphatic rings. The van der Waals surface area contributed by atoms with Gasteiger partial charge in [-0.1, -0.05) is 60.7 Å². The van der Waals surface area contributed by atoms with Crippen molar-refractivity contribution < 1.29 is 23.5 Å². The zero-order valence-electron chi connectivity index (χ0n) is 21.3. The quantitative estimate of drug-likeness (QED) is 0.414. The van der Waals surface area contributed by atoms with Crippen LogP contribution in [0.4, 0.5) is 10.1 Å². The van der Waals surface area contributed by atoms with Crippen LogP contribution in [0.25, 0.3) is 11.3 Å². The molecule has 1 spiro atoms. The molecule has 2 N–H and O–H groups in total. The summed E-state index contributed by atoms with van der Waals surface area (Å²) in [6.45, 7) is 1.84. The molecule has 0 radical (unpaired) electrons. The van der Waals surface area contributed by atoms with Gasteiger partial charge in [0, 0.05) is 16.7 Å². The fourth-order valence-electron chi connectivity index (χ4n) is 5.27. The van der Waals surface area contributed by atoms with E-state index in [1.165, 1.54) is 6.07 Å². The summed E-state index contributed by atoms with van der Waals surface area (Å²) in [6.07, 6.45) is -1.27. The van der Waals surface area contributed by atoms with Crippen molar-refractivity contribution in [1.29, 1.82) is 0 Å². The van der Waals surface area contributed by atoms with Crippen LogP contribution in [0.15, 0.2) is 83.9 Å². The molecule has 4 aromatic rings. The van der Waals surface area contributed by atoms with E-state index in [9.17, 15) is 14.0 Å². The van der Waals surface area contributed by atoms with Gasteiger partial charge in [-0.25, -0.2) is 14.1 Å². The number of anilines is 1. The number of benzodiazepines with no additional fused rings is 1. The third kappa shape index (κ3) is 4.04. The number of halogens is 1. The van der Waals surface area contributed by atoms with Gasteiger partial charge in [0.1, 0.15) is 23.7 Å². The SMILES string of the molecule is O=C(N[C@H]1N=C(c2ccccc2)c2ccccc2NC1=O)c1c(-c2ccccc2F)nn2c1OCC1(COC1)C2. The number of para-hydroxylation sites is 1. The minimum Gasteiger partial charge on any atom is -0.476 e. The van der Waals surface area contributed by atoms with Crippen LogP contribution in [-0.2, 0) is 16.1 Å². The summed E-state index contributed by atoms with van der Waals surface area (Å²) in [4.78, 5) is 32.0. The molecule has 1 atom stereocenters. The number of hydrogen-bond acceptors (Lipinski definition) is 6. The smallest absolute Gasteiger partial charge is 0.269 e. The van der Waals surface area contributed by atoms with Crippen LogP contribution in [0.2, 0.25) is 0 Å². The minimum absolute atomic E-state index is 0.0474. The van der Waals surface area contributed by atoms with Gasteiger partial charge in [-0.05, 0) is 18.2 Å². The summed E-state index contributed by atoms with van der Waals surface area (Å²) in [5, 5.41) is 10.2. The van der Waals surface area contributed by atoms with Crippen molar-refractivity contribution in [3.8, 4) is 17.1 Å². The van der Waals surface area contributed by atoms with Crippen LogP contribution >= 0.6 is 0 Å². The lowest BCUT2D eigenvalue weighted by molar-refractivity contribution is -0.154. The van der Waals surface area contributed by atoms with Crippen molar-refractivity contribution in [2.24, 2.45) is 10.4 Å². The van der Waals surface area contributed by atoms with Gasteiger partial charge in [0.25, 0.3) is 11.8 Å². The Morgan fingerprint density at radius 1 is 0.975 bits per heavy atom. The Bertz CT molecular complexity index is 1680. The maximum atomic E-state index is 14.9. The number of carbonyl (C=O) groups is 2. The highest BCUT2D eigenvalue weighted by Gasteiger charge is 2.46. The molecule has 0 aliphatic carbocycles. The molecule has 3 aliphatic heterocycles. The number of aliphatic imine (C=N–C) groups is 1. The van der Waals surface area contributed by atoms with E-state index in [4.69, 9.17) is 14.5 Å². The zero-order valence-corrected chi connectivity index (χ0v) is 21.3. The van der Waals surface area contributed by atoms with Crippen molar-refractivity contribution in [2.75, 3.05) is 25.1 Å². The van der Waals surface area contributed by atoms with Gasteiger partial charge in [0.05, 0.1) is 36.6 Å². The average Bonchev–Trinajstić information content (AvgIpc) is 3.27. The Kier molecular flexibility index (Phi) is 5.71. The molecule has 4 heterocycles. The Labute approximate surface area is 228 Å². The molecule has 1 fully saturated rings. The Hall–Kier alpha value is -4.83. The molecule has 40 heavy (non-hydrogen) atoms. The molecule has 200 valence electrons. The van der Waals surface area contributed by atoms with E-state index in [2.05, 4.69) is 15.7 Å². The lowest BCUT2D eigenvalue weighted by Crippen LogP contribution is -2.52. The van der Waals surface area contributed by atoms with E-state index in [0.717, 1.165) is 11.1 Å². The predicted octanol–water partition coefficient (Wildman–Crippen LogP) is 3.64. The number of hydrogen-bond donors (Lipinski definition) is 2. The third-order valence-electron chi connectivity index (χ3n) is 7.34. The Balaban J connectivity index is 1.30. The fourth-order valence-corrected chi connectivity index (χ4v) is 5.27. The molecule has 0 bridgehead atoms. The van der Waals surface area contributed by atoms with Gasteiger partial charge in [-0.3, -0.25) is 9.59 Å². The number of benzene rings is 3. The van der Waals surface area contributed by atoms with Crippen molar-refractivity contribution in [3.05, 3.63) is 101 Å². The van der Waals surface area contributed by atoms with Crippen molar-refractivity contribution in [1.82, 2.24) is 15.1 Å². The number of ether oxygens (including phenoxy) is 2. The van der Waals surface area contributed by atoms with Crippen LogP contribution in [0, 0.1) is 11.2 Å². The van der Waals surface area contributed by atoms with E-state index < -0.39 is 23.8 Å². The second-order valence-electron chi connectivity index (χ2n) is 10.2. The van der Waals surface area contributed by atoms with Crippen LogP contribution in [0.3, 0.4) is 0 Å².